The molecule has 0 aromatic carbocycles. The van der Waals surface area contributed by atoms with Gasteiger partial charge in [0.15, 0.2) is 0 Å². The summed E-state index contributed by atoms with van der Waals surface area (Å²) in [7, 11) is 6.64. The molecule has 2 unspecified atom stereocenters. The maximum Gasteiger partial charge on any atom is 0.0150 e. The van der Waals surface area contributed by atoms with Crippen LogP contribution in [0.5, 0.6) is 0 Å². The first-order valence-electron chi connectivity index (χ1n) is 6.46. The van der Waals surface area contributed by atoms with E-state index in [9.17, 15) is 0 Å². The largest absolute Gasteiger partial charge is 0.304 e. The van der Waals surface area contributed by atoms with Crippen molar-refractivity contribution in [3.63, 3.8) is 0 Å². The molecule has 16 heavy (non-hydrogen) atoms. The first-order chi connectivity index (χ1) is 7.05. The number of nitrogens with zero attached hydrogens (tertiary/aromatic N) is 2. The standard InChI is InChI=1S/C14H30N2/c1-13(2,3)16(8)12-9-11(12)10-14(4,5)15(6)7/h11-12H,9-10H2,1-8H3. The predicted octanol–water partition coefficient (Wildman–Crippen LogP) is 2.84. The fraction of sp³-hybridized carbons (Fsp3) is 1.00. The molecule has 0 spiro atoms. The first-order valence-corrected chi connectivity index (χ1v) is 6.46. The van der Waals surface area contributed by atoms with Gasteiger partial charge < -0.3 is 4.90 Å². The lowest BCUT2D eigenvalue weighted by atomic mass is 9.95. The van der Waals surface area contributed by atoms with Crippen molar-refractivity contribution in [3.05, 3.63) is 0 Å². The Bertz CT molecular complexity index is 238. The molecule has 2 heteroatoms. The first kappa shape index (κ1) is 14.0. The van der Waals surface area contributed by atoms with Crippen LogP contribution in [-0.2, 0) is 0 Å². The van der Waals surface area contributed by atoms with Gasteiger partial charge in [-0.1, -0.05) is 0 Å². The average molecular weight is 226 g/mol. The van der Waals surface area contributed by atoms with Gasteiger partial charge in [-0.25, -0.2) is 0 Å². The van der Waals surface area contributed by atoms with Crippen molar-refractivity contribution in [2.75, 3.05) is 21.1 Å². The van der Waals surface area contributed by atoms with Crippen LogP contribution in [0.1, 0.15) is 47.5 Å². The third-order valence-corrected chi connectivity index (χ3v) is 4.41. The highest BCUT2D eigenvalue weighted by molar-refractivity contribution is 5.01. The second-order valence-electron chi connectivity index (χ2n) is 7.26. The van der Waals surface area contributed by atoms with Gasteiger partial charge in [-0.2, -0.15) is 0 Å². The van der Waals surface area contributed by atoms with E-state index < -0.39 is 0 Å². The van der Waals surface area contributed by atoms with Gasteiger partial charge in [0.2, 0.25) is 0 Å². The van der Waals surface area contributed by atoms with E-state index in [1.807, 2.05) is 0 Å². The molecule has 1 aliphatic carbocycles. The molecule has 0 aromatic rings. The topological polar surface area (TPSA) is 6.48 Å². The summed E-state index contributed by atoms with van der Waals surface area (Å²) in [4.78, 5) is 4.89. The van der Waals surface area contributed by atoms with Crippen LogP contribution in [0.3, 0.4) is 0 Å². The summed E-state index contributed by atoms with van der Waals surface area (Å²) in [5.41, 5.74) is 0.639. The van der Waals surface area contributed by atoms with Gasteiger partial charge in [0, 0.05) is 17.1 Å². The van der Waals surface area contributed by atoms with E-state index in [2.05, 4.69) is 65.6 Å². The van der Waals surface area contributed by atoms with Crippen LogP contribution in [0.2, 0.25) is 0 Å². The SMILES string of the molecule is CN(C1CC1CC(C)(C)N(C)C)C(C)(C)C. The third kappa shape index (κ3) is 3.21. The average Bonchev–Trinajstić information content (AvgIpc) is 2.79. The molecular formula is C14H30N2. The van der Waals surface area contributed by atoms with Crippen molar-refractivity contribution < 1.29 is 0 Å². The summed E-state index contributed by atoms with van der Waals surface area (Å²) in [5.74, 6) is 0.890. The Morgan fingerprint density at radius 1 is 1.00 bits per heavy atom. The highest BCUT2D eigenvalue weighted by atomic mass is 15.2. The van der Waals surface area contributed by atoms with Gasteiger partial charge in [-0.15, -0.1) is 0 Å². The molecule has 0 aliphatic heterocycles. The van der Waals surface area contributed by atoms with Crippen LogP contribution < -0.4 is 0 Å². The number of hydrogen-bond donors (Lipinski definition) is 0. The van der Waals surface area contributed by atoms with E-state index in [0.717, 1.165) is 12.0 Å². The molecule has 96 valence electrons. The van der Waals surface area contributed by atoms with Crippen molar-refractivity contribution >= 4 is 0 Å². The maximum atomic E-state index is 2.55. The quantitative estimate of drug-likeness (QED) is 0.727. The monoisotopic (exact) mass is 226 g/mol. The minimum Gasteiger partial charge on any atom is -0.304 e. The molecule has 0 N–H and O–H groups in total. The van der Waals surface area contributed by atoms with Crippen molar-refractivity contribution in [2.24, 2.45) is 5.92 Å². The van der Waals surface area contributed by atoms with Gasteiger partial charge >= 0.3 is 0 Å². The van der Waals surface area contributed by atoms with Crippen molar-refractivity contribution in [2.45, 2.75) is 64.6 Å². The maximum absolute atomic E-state index is 2.55. The van der Waals surface area contributed by atoms with Crippen molar-refractivity contribution in [3.8, 4) is 0 Å². The Balaban J connectivity index is 2.47. The molecule has 1 rings (SSSR count). The van der Waals surface area contributed by atoms with Crippen molar-refractivity contribution in [1.82, 2.24) is 9.80 Å². The lowest BCUT2D eigenvalue weighted by Gasteiger charge is -2.35. The van der Waals surface area contributed by atoms with E-state index in [1.54, 1.807) is 0 Å². The Labute approximate surface area is 102 Å². The fourth-order valence-electron chi connectivity index (χ4n) is 2.25. The van der Waals surface area contributed by atoms with E-state index in [-0.39, 0.29) is 0 Å². The predicted molar refractivity (Wildman–Crippen MR) is 71.8 cm³/mol. The van der Waals surface area contributed by atoms with Crippen LogP contribution in [0.4, 0.5) is 0 Å². The molecule has 2 atom stereocenters. The molecule has 1 fully saturated rings. The fourth-order valence-corrected chi connectivity index (χ4v) is 2.25. The smallest absolute Gasteiger partial charge is 0.0150 e. The molecule has 0 bridgehead atoms. The molecular weight excluding hydrogens is 196 g/mol. The van der Waals surface area contributed by atoms with Gasteiger partial charge in [0.05, 0.1) is 0 Å². The second-order valence-corrected chi connectivity index (χ2v) is 7.26. The molecule has 1 saturated carbocycles. The molecule has 0 heterocycles. The Morgan fingerprint density at radius 2 is 1.50 bits per heavy atom. The Hall–Kier alpha value is -0.0800. The highest BCUT2D eigenvalue weighted by Gasteiger charge is 2.45. The molecule has 2 nitrogen and oxygen atoms in total. The van der Waals surface area contributed by atoms with Crippen LogP contribution in [0, 0.1) is 5.92 Å². The summed E-state index contributed by atoms with van der Waals surface area (Å²) in [6.07, 6.45) is 2.69. The van der Waals surface area contributed by atoms with Crippen LogP contribution in [-0.4, -0.2) is 48.1 Å². The Kier molecular flexibility index (Phi) is 3.76. The lowest BCUT2D eigenvalue weighted by Crippen LogP contribution is -2.42. The molecule has 1 aliphatic rings. The van der Waals surface area contributed by atoms with Crippen molar-refractivity contribution in [1.29, 1.82) is 0 Å². The highest BCUT2D eigenvalue weighted by Crippen LogP contribution is 2.43. The number of hydrogen-bond acceptors (Lipinski definition) is 2. The van der Waals surface area contributed by atoms with E-state index in [4.69, 9.17) is 0 Å². The molecule has 0 saturated heterocycles. The number of rotatable bonds is 4. The van der Waals surface area contributed by atoms with E-state index in [0.29, 0.717) is 11.1 Å². The van der Waals surface area contributed by atoms with Crippen LogP contribution in [0.25, 0.3) is 0 Å². The zero-order valence-electron chi connectivity index (χ0n) is 12.5. The second kappa shape index (κ2) is 4.30. The zero-order valence-corrected chi connectivity index (χ0v) is 12.5. The Morgan fingerprint density at radius 3 is 1.88 bits per heavy atom. The summed E-state index contributed by atoms with van der Waals surface area (Å²) >= 11 is 0. The van der Waals surface area contributed by atoms with E-state index in [1.165, 1.54) is 12.8 Å². The molecule has 0 amide bonds. The zero-order chi connectivity index (χ0) is 12.7. The van der Waals surface area contributed by atoms with E-state index >= 15 is 0 Å². The normalized spacial score (nSPS) is 26.6. The van der Waals surface area contributed by atoms with Gasteiger partial charge in [-0.05, 0) is 74.5 Å². The minimum absolute atomic E-state index is 0.307. The molecule has 0 aromatic heterocycles. The van der Waals surface area contributed by atoms with Crippen LogP contribution >= 0.6 is 0 Å². The minimum atomic E-state index is 0.307. The van der Waals surface area contributed by atoms with Gasteiger partial charge in [0.1, 0.15) is 0 Å². The third-order valence-electron chi connectivity index (χ3n) is 4.41. The summed E-state index contributed by atoms with van der Waals surface area (Å²) in [5, 5.41) is 0. The summed E-state index contributed by atoms with van der Waals surface area (Å²) < 4.78 is 0. The summed E-state index contributed by atoms with van der Waals surface area (Å²) in [6, 6.07) is 0.805. The van der Waals surface area contributed by atoms with Gasteiger partial charge in [-0.3, -0.25) is 4.90 Å². The van der Waals surface area contributed by atoms with Gasteiger partial charge in [0.25, 0.3) is 0 Å². The lowest BCUT2D eigenvalue weighted by molar-refractivity contribution is 0.135. The van der Waals surface area contributed by atoms with Crippen LogP contribution in [0.15, 0.2) is 0 Å². The molecule has 0 radical (unpaired) electrons. The summed E-state index contributed by atoms with van der Waals surface area (Å²) in [6.45, 7) is 11.6.